The Morgan fingerprint density at radius 1 is 1.19 bits per heavy atom. The lowest BCUT2D eigenvalue weighted by Gasteiger charge is -2.29. The van der Waals surface area contributed by atoms with Gasteiger partial charge in [0.25, 0.3) is 0 Å². The zero-order valence-electron chi connectivity index (χ0n) is 14.7. The van der Waals surface area contributed by atoms with Gasteiger partial charge < -0.3 is 19.5 Å². The van der Waals surface area contributed by atoms with Gasteiger partial charge in [0.2, 0.25) is 5.82 Å². The monoisotopic (exact) mass is 351 g/mol. The molecule has 0 radical (unpaired) electrons. The predicted molar refractivity (Wildman–Crippen MR) is 99.5 cm³/mol. The fraction of sp³-hybridized carbons (Fsp3) is 0.316. The van der Waals surface area contributed by atoms with Crippen LogP contribution in [0.25, 0.3) is 11.0 Å². The maximum Gasteiger partial charge on any atom is 0.374 e. The highest BCUT2D eigenvalue weighted by atomic mass is 16.5. The maximum absolute atomic E-state index is 12.2. The minimum atomic E-state index is -0.432. The number of methoxy groups -OCH3 is 1. The predicted octanol–water partition coefficient (Wildman–Crippen LogP) is 1.68. The number of hydrogen-bond acceptors (Lipinski definition) is 6. The van der Waals surface area contributed by atoms with E-state index in [-0.39, 0.29) is 0 Å². The molecule has 1 fully saturated rings. The molecule has 7 heteroatoms. The number of nitrogens with one attached hydrogen (secondary N) is 1. The van der Waals surface area contributed by atoms with E-state index in [0.717, 1.165) is 48.5 Å². The molecule has 2 aromatic heterocycles. The van der Waals surface area contributed by atoms with Crippen molar-refractivity contribution in [3.8, 4) is 0 Å². The van der Waals surface area contributed by atoms with E-state index in [1.807, 2.05) is 22.8 Å². The topological polar surface area (TPSA) is 72.3 Å². The van der Waals surface area contributed by atoms with E-state index in [2.05, 4.69) is 32.3 Å². The summed E-state index contributed by atoms with van der Waals surface area (Å²) >= 11 is 0. The average molecular weight is 351 g/mol. The van der Waals surface area contributed by atoms with Gasteiger partial charge in [-0.2, -0.15) is 0 Å². The van der Waals surface area contributed by atoms with Crippen molar-refractivity contribution in [1.82, 2.24) is 19.9 Å². The smallest absolute Gasteiger partial charge is 0.374 e. The Balaban J connectivity index is 1.80. The highest BCUT2D eigenvalue weighted by Gasteiger charge is 2.20. The minimum absolute atomic E-state index is 0.316. The summed E-state index contributed by atoms with van der Waals surface area (Å²) in [6.07, 6.45) is 3.50. The molecule has 3 heterocycles. The Hall–Kier alpha value is -2.93. The number of hydrogen-bond donors (Lipinski definition) is 1. The number of benzene rings is 1. The van der Waals surface area contributed by atoms with Gasteiger partial charge in [-0.3, -0.25) is 4.98 Å². The van der Waals surface area contributed by atoms with E-state index in [1.54, 1.807) is 12.4 Å². The van der Waals surface area contributed by atoms with Crippen LogP contribution in [-0.4, -0.2) is 53.8 Å². The van der Waals surface area contributed by atoms with Gasteiger partial charge in [0.05, 0.1) is 24.7 Å². The quantitative estimate of drug-likeness (QED) is 0.721. The summed E-state index contributed by atoms with van der Waals surface area (Å²) < 4.78 is 6.86. The summed E-state index contributed by atoms with van der Waals surface area (Å²) in [5.74, 6) is -0.115. The minimum Gasteiger partial charge on any atom is -0.463 e. The molecule has 1 N–H and O–H groups in total. The van der Waals surface area contributed by atoms with E-state index in [0.29, 0.717) is 12.4 Å². The molecule has 134 valence electrons. The summed E-state index contributed by atoms with van der Waals surface area (Å²) in [6, 6.07) is 10.0. The van der Waals surface area contributed by atoms with E-state index >= 15 is 0 Å². The Morgan fingerprint density at radius 2 is 1.96 bits per heavy atom. The number of imidazole rings is 1. The van der Waals surface area contributed by atoms with Gasteiger partial charge in [0, 0.05) is 44.3 Å². The SMILES string of the molecule is COC(=O)c1nc2ccc(N3CCNCC3)cc2n1Cc1ccncc1. The summed E-state index contributed by atoms with van der Waals surface area (Å²) in [6.45, 7) is 4.42. The number of carbonyl (C=O) groups excluding carboxylic acids is 1. The van der Waals surface area contributed by atoms with Crippen LogP contribution in [-0.2, 0) is 11.3 Å². The van der Waals surface area contributed by atoms with Gasteiger partial charge in [0.1, 0.15) is 0 Å². The summed E-state index contributed by atoms with van der Waals surface area (Å²) in [7, 11) is 1.38. The largest absolute Gasteiger partial charge is 0.463 e. The van der Waals surface area contributed by atoms with E-state index in [9.17, 15) is 4.79 Å². The number of carbonyl (C=O) groups is 1. The summed E-state index contributed by atoms with van der Waals surface area (Å²) in [5.41, 5.74) is 3.92. The van der Waals surface area contributed by atoms with Crippen LogP contribution in [0.2, 0.25) is 0 Å². The second kappa shape index (κ2) is 7.13. The normalized spacial score (nSPS) is 14.6. The molecule has 1 saturated heterocycles. The van der Waals surface area contributed by atoms with Crippen molar-refractivity contribution in [2.24, 2.45) is 0 Å². The second-order valence-electron chi connectivity index (χ2n) is 6.28. The first kappa shape index (κ1) is 16.5. The van der Waals surface area contributed by atoms with Crippen molar-refractivity contribution in [3.63, 3.8) is 0 Å². The van der Waals surface area contributed by atoms with Crippen molar-refractivity contribution in [1.29, 1.82) is 0 Å². The molecule has 26 heavy (non-hydrogen) atoms. The Kier molecular flexibility index (Phi) is 4.53. The van der Waals surface area contributed by atoms with Crippen molar-refractivity contribution in [2.45, 2.75) is 6.54 Å². The molecular formula is C19H21N5O2. The second-order valence-corrected chi connectivity index (χ2v) is 6.28. The molecule has 1 aliphatic heterocycles. The van der Waals surface area contributed by atoms with Gasteiger partial charge in [-0.25, -0.2) is 9.78 Å². The zero-order valence-corrected chi connectivity index (χ0v) is 14.7. The standard InChI is InChI=1S/C19H21N5O2/c1-26-19(25)18-22-16-3-2-15(23-10-8-21-9-11-23)12-17(16)24(18)13-14-4-6-20-7-5-14/h2-7,12,21H,8-11,13H2,1H3. The number of rotatable bonds is 4. The molecule has 0 aliphatic carbocycles. The van der Waals surface area contributed by atoms with Crippen LogP contribution in [0.4, 0.5) is 5.69 Å². The molecule has 0 bridgehead atoms. The van der Waals surface area contributed by atoms with Crippen LogP contribution in [0.3, 0.4) is 0 Å². The first-order chi connectivity index (χ1) is 12.8. The zero-order chi connectivity index (χ0) is 17.9. The number of fused-ring (bicyclic) bond motifs is 1. The van der Waals surface area contributed by atoms with E-state index in [4.69, 9.17) is 4.74 Å². The summed E-state index contributed by atoms with van der Waals surface area (Å²) in [5, 5.41) is 3.37. The van der Waals surface area contributed by atoms with Crippen LogP contribution in [0.15, 0.2) is 42.7 Å². The van der Waals surface area contributed by atoms with Gasteiger partial charge >= 0.3 is 5.97 Å². The Bertz CT molecular complexity index is 916. The van der Waals surface area contributed by atoms with E-state index in [1.165, 1.54) is 7.11 Å². The van der Waals surface area contributed by atoms with Gasteiger partial charge in [-0.05, 0) is 35.9 Å². The first-order valence-corrected chi connectivity index (χ1v) is 8.69. The van der Waals surface area contributed by atoms with Crippen LogP contribution >= 0.6 is 0 Å². The van der Waals surface area contributed by atoms with Crippen LogP contribution in [0.5, 0.6) is 0 Å². The first-order valence-electron chi connectivity index (χ1n) is 8.69. The van der Waals surface area contributed by atoms with Gasteiger partial charge in [0.15, 0.2) is 0 Å². The highest BCUT2D eigenvalue weighted by Crippen LogP contribution is 2.25. The maximum atomic E-state index is 12.2. The molecule has 7 nitrogen and oxygen atoms in total. The molecular weight excluding hydrogens is 330 g/mol. The molecule has 0 unspecified atom stereocenters. The van der Waals surface area contributed by atoms with Crippen molar-refractivity contribution < 1.29 is 9.53 Å². The van der Waals surface area contributed by atoms with E-state index < -0.39 is 5.97 Å². The van der Waals surface area contributed by atoms with Crippen molar-refractivity contribution in [2.75, 3.05) is 38.2 Å². The number of pyridine rings is 1. The van der Waals surface area contributed by atoms with Crippen molar-refractivity contribution >= 4 is 22.7 Å². The van der Waals surface area contributed by atoms with Crippen LogP contribution in [0, 0.1) is 0 Å². The molecule has 1 aromatic carbocycles. The molecule has 0 saturated carbocycles. The third kappa shape index (κ3) is 3.13. The highest BCUT2D eigenvalue weighted by molar-refractivity contribution is 5.92. The molecule has 0 amide bonds. The van der Waals surface area contributed by atoms with Gasteiger partial charge in [-0.1, -0.05) is 0 Å². The fourth-order valence-corrected chi connectivity index (χ4v) is 3.31. The molecule has 0 atom stereocenters. The lowest BCUT2D eigenvalue weighted by atomic mass is 10.2. The lowest BCUT2D eigenvalue weighted by Crippen LogP contribution is -2.43. The Morgan fingerprint density at radius 3 is 2.69 bits per heavy atom. The average Bonchev–Trinajstić information content (AvgIpc) is 3.06. The molecule has 3 aromatic rings. The van der Waals surface area contributed by atoms with Crippen LogP contribution < -0.4 is 10.2 Å². The number of nitrogens with zero attached hydrogens (tertiary/aromatic N) is 4. The number of esters is 1. The molecule has 1 aliphatic rings. The molecule has 4 rings (SSSR count). The fourth-order valence-electron chi connectivity index (χ4n) is 3.31. The number of piperazine rings is 1. The third-order valence-corrected chi connectivity index (χ3v) is 4.67. The number of aromatic nitrogens is 3. The molecule has 0 spiro atoms. The third-order valence-electron chi connectivity index (χ3n) is 4.67. The van der Waals surface area contributed by atoms with Gasteiger partial charge in [-0.15, -0.1) is 0 Å². The summed E-state index contributed by atoms with van der Waals surface area (Å²) in [4.78, 5) is 23.2. The Labute approximate surface area is 151 Å². The number of anilines is 1. The van der Waals surface area contributed by atoms with Crippen molar-refractivity contribution in [3.05, 3.63) is 54.1 Å². The van der Waals surface area contributed by atoms with Crippen LogP contribution in [0.1, 0.15) is 16.2 Å². The number of ether oxygens (including phenoxy) is 1. The lowest BCUT2D eigenvalue weighted by molar-refractivity contribution is 0.0582.